The van der Waals surface area contributed by atoms with Gasteiger partial charge in [0.15, 0.2) is 11.4 Å². The Morgan fingerprint density at radius 3 is 2.74 bits per heavy atom. The van der Waals surface area contributed by atoms with Crippen molar-refractivity contribution in [2.24, 2.45) is 0 Å². The lowest BCUT2D eigenvalue weighted by molar-refractivity contribution is 0.444. The molecule has 3 aromatic rings. The molecule has 0 aliphatic carbocycles. The molecule has 6 heteroatoms. The highest BCUT2D eigenvalue weighted by Crippen LogP contribution is 2.20. The Labute approximate surface area is 110 Å². The first-order chi connectivity index (χ1) is 9.04. The smallest absolute Gasteiger partial charge is 0.217 e. The van der Waals surface area contributed by atoms with Crippen molar-refractivity contribution in [3.05, 3.63) is 36.0 Å². The molecule has 0 N–H and O–H groups in total. The van der Waals surface area contributed by atoms with Gasteiger partial charge in [-0.2, -0.15) is 0 Å². The molecular formula is C13H15N5O. The van der Waals surface area contributed by atoms with Gasteiger partial charge in [-0.3, -0.25) is 0 Å². The van der Waals surface area contributed by atoms with Crippen LogP contribution in [0.1, 0.15) is 32.5 Å². The molecule has 0 unspecified atom stereocenters. The van der Waals surface area contributed by atoms with E-state index in [-0.39, 0.29) is 5.41 Å². The molecule has 1 aromatic carbocycles. The van der Waals surface area contributed by atoms with E-state index in [0.717, 1.165) is 16.9 Å². The summed E-state index contributed by atoms with van der Waals surface area (Å²) in [6, 6.07) is 7.68. The minimum atomic E-state index is -0.116. The minimum absolute atomic E-state index is 0.116. The number of hydrogen-bond donors (Lipinski definition) is 0. The van der Waals surface area contributed by atoms with E-state index < -0.39 is 0 Å². The Morgan fingerprint density at radius 1 is 1.21 bits per heavy atom. The maximum absolute atomic E-state index is 5.68. The van der Waals surface area contributed by atoms with Gasteiger partial charge in [0.1, 0.15) is 12.1 Å². The highest BCUT2D eigenvalue weighted by atomic mass is 16.3. The van der Waals surface area contributed by atoms with Gasteiger partial charge in [0.2, 0.25) is 5.89 Å². The highest BCUT2D eigenvalue weighted by Gasteiger charge is 2.22. The van der Waals surface area contributed by atoms with Crippen molar-refractivity contribution in [1.82, 2.24) is 25.2 Å². The quantitative estimate of drug-likeness (QED) is 0.703. The molecule has 98 valence electrons. The van der Waals surface area contributed by atoms with Gasteiger partial charge in [0.25, 0.3) is 0 Å². The fourth-order valence-corrected chi connectivity index (χ4v) is 1.96. The van der Waals surface area contributed by atoms with Crippen LogP contribution < -0.4 is 0 Å². The predicted molar refractivity (Wildman–Crippen MR) is 69.6 cm³/mol. The van der Waals surface area contributed by atoms with Crippen molar-refractivity contribution < 1.29 is 4.42 Å². The summed E-state index contributed by atoms with van der Waals surface area (Å²) in [5.74, 6) is 1.42. The van der Waals surface area contributed by atoms with Crippen molar-refractivity contribution in [2.45, 2.75) is 32.7 Å². The van der Waals surface area contributed by atoms with E-state index in [4.69, 9.17) is 4.42 Å². The number of nitrogens with zero attached hydrogens (tertiary/aromatic N) is 5. The van der Waals surface area contributed by atoms with Crippen molar-refractivity contribution >= 4 is 11.1 Å². The van der Waals surface area contributed by atoms with Gasteiger partial charge in [-0.05, 0) is 22.6 Å². The van der Waals surface area contributed by atoms with Crippen LogP contribution in [0.15, 0.2) is 28.7 Å². The van der Waals surface area contributed by atoms with Gasteiger partial charge in [-0.15, -0.1) is 5.10 Å². The van der Waals surface area contributed by atoms with Gasteiger partial charge in [0.05, 0.1) is 0 Å². The third-order valence-electron chi connectivity index (χ3n) is 2.83. The zero-order chi connectivity index (χ0) is 13.5. The number of oxazole rings is 1. The van der Waals surface area contributed by atoms with Crippen molar-refractivity contribution in [3.8, 4) is 0 Å². The van der Waals surface area contributed by atoms with Crippen LogP contribution in [0.4, 0.5) is 0 Å². The van der Waals surface area contributed by atoms with E-state index in [2.05, 4.69) is 41.3 Å². The van der Waals surface area contributed by atoms with Crippen LogP contribution >= 0.6 is 0 Å². The van der Waals surface area contributed by atoms with E-state index in [1.807, 2.05) is 24.3 Å². The third kappa shape index (κ3) is 2.21. The van der Waals surface area contributed by atoms with Crippen molar-refractivity contribution in [3.63, 3.8) is 0 Å². The van der Waals surface area contributed by atoms with Crippen LogP contribution in [0.5, 0.6) is 0 Å². The number of hydrogen-bond acceptors (Lipinski definition) is 5. The number of aromatic nitrogens is 5. The lowest BCUT2D eigenvalue weighted by Gasteiger charge is -2.16. The van der Waals surface area contributed by atoms with Crippen LogP contribution in [0.2, 0.25) is 0 Å². The van der Waals surface area contributed by atoms with Gasteiger partial charge < -0.3 is 4.42 Å². The number of benzene rings is 1. The van der Waals surface area contributed by atoms with E-state index in [9.17, 15) is 0 Å². The fraction of sp³-hybridized carbons (Fsp3) is 0.385. The van der Waals surface area contributed by atoms with Crippen LogP contribution in [-0.4, -0.2) is 25.2 Å². The molecule has 6 nitrogen and oxygen atoms in total. The first kappa shape index (κ1) is 11.8. The Hall–Kier alpha value is -2.24. The summed E-state index contributed by atoms with van der Waals surface area (Å²) in [4.78, 5) is 4.43. The summed E-state index contributed by atoms with van der Waals surface area (Å²) in [6.07, 6.45) is 0. The SMILES string of the molecule is CC(C)(C)c1nnnn1Cc1nc2ccccc2o1. The molecule has 2 aromatic heterocycles. The predicted octanol–water partition coefficient (Wildman–Crippen LogP) is 2.16. The summed E-state index contributed by atoms with van der Waals surface area (Å²) >= 11 is 0. The summed E-state index contributed by atoms with van der Waals surface area (Å²) in [6.45, 7) is 6.65. The summed E-state index contributed by atoms with van der Waals surface area (Å²) < 4.78 is 7.41. The molecule has 0 spiro atoms. The van der Waals surface area contributed by atoms with Gasteiger partial charge in [0, 0.05) is 5.41 Å². The largest absolute Gasteiger partial charge is 0.439 e. The number of para-hydroxylation sites is 2. The maximum Gasteiger partial charge on any atom is 0.217 e. The first-order valence-corrected chi connectivity index (χ1v) is 6.15. The molecule has 19 heavy (non-hydrogen) atoms. The molecule has 0 amide bonds. The van der Waals surface area contributed by atoms with E-state index in [1.165, 1.54) is 0 Å². The molecule has 0 saturated heterocycles. The van der Waals surface area contributed by atoms with E-state index >= 15 is 0 Å². The third-order valence-corrected chi connectivity index (χ3v) is 2.83. The summed E-state index contributed by atoms with van der Waals surface area (Å²) in [7, 11) is 0. The highest BCUT2D eigenvalue weighted by molar-refractivity contribution is 5.72. The fourth-order valence-electron chi connectivity index (χ4n) is 1.96. The zero-order valence-corrected chi connectivity index (χ0v) is 11.2. The monoisotopic (exact) mass is 257 g/mol. The first-order valence-electron chi connectivity index (χ1n) is 6.15. The molecule has 0 bridgehead atoms. The van der Waals surface area contributed by atoms with Crippen molar-refractivity contribution in [2.75, 3.05) is 0 Å². The van der Waals surface area contributed by atoms with Crippen molar-refractivity contribution in [1.29, 1.82) is 0 Å². The molecule has 3 rings (SSSR count). The minimum Gasteiger partial charge on any atom is -0.439 e. The average Bonchev–Trinajstić information content (AvgIpc) is 2.93. The molecule has 0 aliphatic rings. The second-order valence-corrected chi connectivity index (χ2v) is 5.49. The number of rotatable bonds is 2. The Bertz CT molecular complexity index is 674. The molecule has 2 heterocycles. The van der Waals surface area contributed by atoms with Crippen LogP contribution in [0, 0.1) is 0 Å². The molecule has 0 atom stereocenters. The standard InChI is InChI=1S/C13H15N5O/c1-13(2,3)12-15-16-17-18(12)8-11-14-9-6-4-5-7-10(9)19-11/h4-7H,8H2,1-3H3. The molecule has 0 saturated carbocycles. The summed E-state index contributed by atoms with van der Waals surface area (Å²) in [5.41, 5.74) is 1.51. The van der Waals surface area contributed by atoms with Crippen LogP contribution in [0.3, 0.4) is 0 Å². The zero-order valence-electron chi connectivity index (χ0n) is 11.2. The molecule has 0 fully saturated rings. The van der Waals surface area contributed by atoms with Gasteiger partial charge in [-0.1, -0.05) is 32.9 Å². The number of fused-ring (bicyclic) bond motifs is 1. The Morgan fingerprint density at radius 2 is 2.00 bits per heavy atom. The lowest BCUT2D eigenvalue weighted by Crippen LogP contribution is -2.20. The van der Waals surface area contributed by atoms with Crippen LogP contribution in [0.25, 0.3) is 11.1 Å². The normalized spacial score (nSPS) is 12.2. The molecule has 0 radical (unpaired) electrons. The second kappa shape index (κ2) is 4.15. The Kier molecular flexibility index (Phi) is 2.58. The molecule has 0 aliphatic heterocycles. The maximum atomic E-state index is 5.68. The van der Waals surface area contributed by atoms with Crippen LogP contribution in [-0.2, 0) is 12.0 Å². The Balaban J connectivity index is 1.95. The topological polar surface area (TPSA) is 69.6 Å². The summed E-state index contributed by atoms with van der Waals surface area (Å²) in [5, 5.41) is 11.8. The van der Waals surface area contributed by atoms with Gasteiger partial charge >= 0.3 is 0 Å². The second-order valence-electron chi connectivity index (χ2n) is 5.49. The average molecular weight is 257 g/mol. The van der Waals surface area contributed by atoms with Gasteiger partial charge in [-0.25, -0.2) is 9.67 Å². The molecular weight excluding hydrogens is 242 g/mol. The lowest BCUT2D eigenvalue weighted by atomic mass is 9.96. The number of tetrazole rings is 1. The van der Waals surface area contributed by atoms with E-state index in [0.29, 0.717) is 12.4 Å². The van der Waals surface area contributed by atoms with E-state index in [1.54, 1.807) is 4.68 Å².